The number of likely N-dealkylation sites (tertiary alicyclic amines) is 1. The number of piperidine rings is 1. The number of nitrogens with two attached hydrogens (primary N) is 1. The number of anilines is 1. The lowest BCUT2D eigenvalue weighted by atomic mass is 10.0. The van der Waals surface area contributed by atoms with Gasteiger partial charge in [-0.2, -0.15) is 0 Å². The van der Waals surface area contributed by atoms with Crippen LogP contribution in [0.15, 0.2) is 30.9 Å². The fourth-order valence-electron chi connectivity index (χ4n) is 2.87. The normalized spacial score (nSPS) is 19.8. The van der Waals surface area contributed by atoms with Crippen molar-refractivity contribution in [1.82, 2.24) is 4.90 Å². The summed E-state index contributed by atoms with van der Waals surface area (Å²) in [7, 11) is 2.22. The lowest BCUT2D eigenvalue weighted by molar-refractivity contribution is 0.153. The quantitative estimate of drug-likeness (QED) is 0.639. The van der Waals surface area contributed by atoms with Crippen molar-refractivity contribution in [3.8, 4) is 5.75 Å². The van der Waals surface area contributed by atoms with E-state index in [1.165, 1.54) is 25.8 Å². The molecule has 0 aliphatic carbocycles. The average Bonchev–Trinajstić information content (AvgIpc) is 2.43. The van der Waals surface area contributed by atoms with Gasteiger partial charge in [0.15, 0.2) is 0 Å². The summed E-state index contributed by atoms with van der Waals surface area (Å²) < 4.78 is 5.97. The van der Waals surface area contributed by atoms with Crippen molar-refractivity contribution in [2.24, 2.45) is 0 Å². The standard InChI is InChI=1S/C17H26N2O/c1-3-6-14-13-15(18)8-9-17(14)20-12-10-16-7-4-5-11-19(16)2/h3,8-9,13,16H,1,4-7,10-12,18H2,2H3. The highest BCUT2D eigenvalue weighted by atomic mass is 16.5. The summed E-state index contributed by atoms with van der Waals surface area (Å²) in [6, 6.07) is 6.51. The molecule has 1 aromatic rings. The molecule has 0 saturated carbocycles. The molecule has 0 aromatic heterocycles. The highest BCUT2D eigenvalue weighted by molar-refractivity contribution is 5.48. The van der Waals surface area contributed by atoms with Crippen molar-refractivity contribution in [2.75, 3.05) is 25.9 Å². The molecule has 1 fully saturated rings. The molecular weight excluding hydrogens is 248 g/mol. The van der Waals surface area contributed by atoms with E-state index in [1.807, 2.05) is 24.3 Å². The largest absolute Gasteiger partial charge is 0.493 e. The second-order valence-corrected chi connectivity index (χ2v) is 5.63. The zero-order valence-corrected chi connectivity index (χ0v) is 12.5. The van der Waals surface area contributed by atoms with Crippen LogP contribution in [0.2, 0.25) is 0 Å². The van der Waals surface area contributed by atoms with Crippen molar-refractivity contribution in [3.05, 3.63) is 36.4 Å². The van der Waals surface area contributed by atoms with Gasteiger partial charge >= 0.3 is 0 Å². The van der Waals surface area contributed by atoms with Gasteiger partial charge in [0.2, 0.25) is 0 Å². The Kier molecular flexibility index (Phi) is 5.48. The molecule has 1 aliphatic heterocycles. The summed E-state index contributed by atoms with van der Waals surface area (Å²) in [5, 5.41) is 0. The molecule has 1 aliphatic rings. The predicted octanol–water partition coefficient (Wildman–Crippen LogP) is 3.25. The molecule has 1 atom stereocenters. The molecule has 0 bridgehead atoms. The first-order valence-electron chi connectivity index (χ1n) is 7.53. The average molecular weight is 274 g/mol. The van der Waals surface area contributed by atoms with E-state index in [1.54, 1.807) is 0 Å². The zero-order valence-electron chi connectivity index (χ0n) is 12.5. The van der Waals surface area contributed by atoms with E-state index in [2.05, 4.69) is 18.5 Å². The number of benzene rings is 1. The van der Waals surface area contributed by atoms with E-state index in [0.29, 0.717) is 6.04 Å². The molecule has 0 radical (unpaired) electrons. The van der Waals surface area contributed by atoms with Crippen molar-refractivity contribution < 1.29 is 4.74 Å². The fourth-order valence-corrected chi connectivity index (χ4v) is 2.87. The Labute approximate surface area is 122 Å². The minimum atomic E-state index is 0.667. The number of hydrogen-bond donors (Lipinski definition) is 1. The van der Waals surface area contributed by atoms with E-state index < -0.39 is 0 Å². The summed E-state index contributed by atoms with van der Waals surface area (Å²) in [5.41, 5.74) is 7.73. The topological polar surface area (TPSA) is 38.5 Å². The van der Waals surface area contributed by atoms with Gasteiger partial charge in [0.05, 0.1) is 6.61 Å². The molecule has 0 amide bonds. The number of rotatable bonds is 6. The van der Waals surface area contributed by atoms with Gasteiger partial charge in [-0.25, -0.2) is 0 Å². The molecule has 3 heteroatoms. The summed E-state index contributed by atoms with van der Waals surface area (Å²) in [5.74, 6) is 0.942. The Balaban J connectivity index is 1.88. The van der Waals surface area contributed by atoms with E-state index in [9.17, 15) is 0 Å². The van der Waals surface area contributed by atoms with Crippen molar-refractivity contribution >= 4 is 5.69 Å². The van der Waals surface area contributed by atoms with Crippen molar-refractivity contribution in [3.63, 3.8) is 0 Å². The lowest BCUT2D eigenvalue weighted by Crippen LogP contribution is -2.37. The van der Waals surface area contributed by atoms with Crippen LogP contribution in [0.1, 0.15) is 31.2 Å². The van der Waals surface area contributed by atoms with Crippen molar-refractivity contribution in [1.29, 1.82) is 0 Å². The Morgan fingerprint density at radius 1 is 1.45 bits per heavy atom. The Morgan fingerprint density at radius 2 is 2.30 bits per heavy atom. The summed E-state index contributed by atoms with van der Waals surface area (Å²) in [6.07, 6.45) is 7.74. The Morgan fingerprint density at radius 3 is 3.05 bits per heavy atom. The van der Waals surface area contributed by atoms with Gasteiger partial charge in [0.1, 0.15) is 5.75 Å². The monoisotopic (exact) mass is 274 g/mol. The van der Waals surface area contributed by atoms with Crippen LogP contribution in [0.25, 0.3) is 0 Å². The van der Waals surface area contributed by atoms with Crippen LogP contribution >= 0.6 is 0 Å². The number of ether oxygens (including phenoxy) is 1. The van der Waals surface area contributed by atoms with E-state index in [0.717, 1.165) is 36.4 Å². The third kappa shape index (κ3) is 4.01. The highest BCUT2D eigenvalue weighted by Crippen LogP contribution is 2.23. The van der Waals surface area contributed by atoms with Crippen LogP contribution in [-0.4, -0.2) is 31.1 Å². The number of nitrogen functional groups attached to an aromatic ring is 1. The molecule has 2 N–H and O–H groups in total. The molecule has 1 aromatic carbocycles. The first kappa shape index (κ1) is 14.9. The van der Waals surface area contributed by atoms with Gasteiger partial charge in [-0.05, 0) is 63.0 Å². The number of allylic oxidation sites excluding steroid dienone is 1. The molecule has 110 valence electrons. The van der Waals surface area contributed by atoms with Crippen LogP contribution in [-0.2, 0) is 6.42 Å². The van der Waals surface area contributed by atoms with Gasteiger partial charge in [0, 0.05) is 11.7 Å². The SMILES string of the molecule is C=CCc1cc(N)ccc1OCCC1CCCCN1C. The molecule has 1 saturated heterocycles. The third-order valence-electron chi connectivity index (χ3n) is 4.08. The summed E-state index contributed by atoms with van der Waals surface area (Å²) >= 11 is 0. The molecule has 1 heterocycles. The number of nitrogens with zero attached hydrogens (tertiary/aromatic N) is 1. The minimum absolute atomic E-state index is 0.667. The maximum Gasteiger partial charge on any atom is 0.122 e. The zero-order chi connectivity index (χ0) is 14.4. The Hall–Kier alpha value is -1.48. The van der Waals surface area contributed by atoms with E-state index >= 15 is 0 Å². The number of hydrogen-bond acceptors (Lipinski definition) is 3. The van der Waals surface area contributed by atoms with Crippen LogP contribution < -0.4 is 10.5 Å². The first-order valence-corrected chi connectivity index (χ1v) is 7.53. The van der Waals surface area contributed by atoms with Crippen LogP contribution in [0.4, 0.5) is 5.69 Å². The second-order valence-electron chi connectivity index (χ2n) is 5.63. The minimum Gasteiger partial charge on any atom is -0.493 e. The van der Waals surface area contributed by atoms with Crippen LogP contribution in [0.3, 0.4) is 0 Å². The molecule has 20 heavy (non-hydrogen) atoms. The lowest BCUT2D eigenvalue weighted by Gasteiger charge is -2.32. The smallest absolute Gasteiger partial charge is 0.122 e. The predicted molar refractivity (Wildman–Crippen MR) is 85.1 cm³/mol. The molecule has 1 unspecified atom stereocenters. The van der Waals surface area contributed by atoms with Gasteiger partial charge in [-0.3, -0.25) is 0 Å². The van der Waals surface area contributed by atoms with Gasteiger partial charge in [-0.1, -0.05) is 12.5 Å². The third-order valence-corrected chi connectivity index (χ3v) is 4.08. The fraction of sp³-hybridized carbons (Fsp3) is 0.529. The Bertz CT molecular complexity index is 445. The molecular formula is C17H26N2O. The van der Waals surface area contributed by atoms with Crippen LogP contribution in [0, 0.1) is 0 Å². The summed E-state index contributed by atoms with van der Waals surface area (Å²) in [6.45, 7) is 5.77. The maximum atomic E-state index is 5.97. The van der Waals surface area contributed by atoms with E-state index in [-0.39, 0.29) is 0 Å². The van der Waals surface area contributed by atoms with Gasteiger partial charge in [0.25, 0.3) is 0 Å². The second kappa shape index (κ2) is 7.34. The molecule has 3 nitrogen and oxygen atoms in total. The highest BCUT2D eigenvalue weighted by Gasteiger charge is 2.18. The molecule has 0 spiro atoms. The van der Waals surface area contributed by atoms with Crippen LogP contribution in [0.5, 0.6) is 5.75 Å². The van der Waals surface area contributed by atoms with E-state index in [4.69, 9.17) is 10.5 Å². The summed E-state index contributed by atoms with van der Waals surface area (Å²) in [4.78, 5) is 2.46. The van der Waals surface area contributed by atoms with Gasteiger partial charge in [-0.15, -0.1) is 6.58 Å². The first-order chi connectivity index (χ1) is 9.70. The maximum absolute atomic E-state index is 5.97. The van der Waals surface area contributed by atoms with Crippen molar-refractivity contribution in [2.45, 2.75) is 38.1 Å². The van der Waals surface area contributed by atoms with Gasteiger partial charge < -0.3 is 15.4 Å². The molecule has 2 rings (SSSR count).